The lowest BCUT2D eigenvalue weighted by molar-refractivity contribution is -0.130. The summed E-state index contributed by atoms with van der Waals surface area (Å²) in [6.45, 7) is 3.46. The Morgan fingerprint density at radius 1 is 1.55 bits per heavy atom. The Bertz CT molecular complexity index is 464. The van der Waals surface area contributed by atoms with E-state index < -0.39 is 0 Å². The minimum atomic E-state index is -0.354. The van der Waals surface area contributed by atoms with Crippen LogP contribution in [0.2, 0.25) is 5.02 Å². The van der Waals surface area contributed by atoms with E-state index in [2.05, 4.69) is 0 Å². The van der Waals surface area contributed by atoms with Crippen molar-refractivity contribution in [2.24, 2.45) is 5.92 Å². The molecule has 0 saturated carbocycles. The highest BCUT2D eigenvalue weighted by molar-refractivity contribution is 6.32. The number of likely N-dealkylation sites (tertiary alicyclic amines) is 1. The van der Waals surface area contributed by atoms with Crippen molar-refractivity contribution in [3.05, 3.63) is 29.3 Å². The molecule has 1 heterocycles. The van der Waals surface area contributed by atoms with Crippen LogP contribution in [0, 0.1) is 5.92 Å². The Morgan fingerprint density at radius 2 is 2.30 bits per heavy atom. The minimum absolute atomic E-state index is 0.0696. The van der Waals surface area contributed by atoms with E-state index in [9.17, 15) is 9.90 Å². The number of aliphatic hydroxyl groups is 1. The molecule has 0 bridgehead atoms. The van der Waals surface area contributed by atoms with Gasteiger partial charge in [0.1, 0.15) is 5.75 Å². The predicted molar refractivity (Wildman–Crippen MR) is 77.9 cm³/mol. The first-order chi connectivity index (χ1) is 9.58. The van der Waals surface area contributed by atoms with Crippen LogP contribution in [0.3, 0.4) is 0 Å². The zero-order valence-corrected chi connectivity index (χ0v) is 12.3. The quantitative estimate of drug-likeness (QED) is 0.907. The van der Waals surface area contributed by atoms with Crippen molar-refractivity contribution in [2.45, 2.75) is 25.9 Å². The highest BCUT2D eigenvalue weighted by Crippen LogP contribution is 2.24. The van der Waals surface area contributed by atoms with E-state index in [0.29, 0.717) is 30.3 Å². The maximum absolute atomic E-state index is 12.0. The maximum Gasteiger partial charge on any atom is 0.226 e. The number of nitrogens with zero attached hydrogens (tertiary/aromatic N) is 1. The van der Waals surface area contributed by atoms with Crippen LogP contribution < -0.4 is 4.74 Å². The lowest BCUT2D eigenvalue weighted by Crippen LogP contribution is -2.31. The third-order valence-corrected chi connectivity index (χ3v) is 3.98. The number of para-hydroxylation sites is 1. The van der Waals surface area contributed by atoms with E-state index in [1.54, 1.807) is 24.0 Å². The van der Waals surface area contributed by atoms with Gasteiger partial charge in [0, 0.05) is 19.0 Å². The molecule has 1 aromatic rings. The molecule has 0 aliphatic carbocycles. The number of hydrogen-bond donors (Lipinski definition) is 1. The summed E-state index contributed by atoms with van der Waals surface area (Å²) in [5.74, 6) is 0.869. The molecule has 1 N–H and O–H groups in total. The molecule has 1 fully saturated rings. The highest BCUT2D eigenvalue weighted by atomic mass is 35.5. The van der Waals surface area contributed by atoms with Gasteiger partial charge in [0.15, 0.2) is 0 Å². The van der Waals surface area contributed by atoms with Crippen molar-refractivity contribution in [1.82, 2.24) is 4.90 Å². The molecule has 0 spiro atoms. The smallest absolute Gasteiger partial charge is 0.226 e. The van der Waals surface area contributed by atoms with Gasteiger partial charge in [-0.05, 0) is 25.5 Å². The van der Waals surface area contributed by atoms with Gasteiger partial charge in [-0.25, -0.2) is 0 Å². The first-order valence-electron chi connectivity index (χ1n) is 6.91. The predicted octanol–water partition coefficient (Wildman–Crippen LogP) is 2.34. The van der Waals surface area contributed by atoms with Crippen LogP contribution in [0.25, 0.3) is 0 Å². The molecule has 2 rings (SSSR count). The molecule has 1 aliphatic rings. The van der Waals surface area contributed by atoms with Crippen molar-refractivity contribution in [3.8, 4) is 5.75 Å². The zero-order valence-electron chi connectivity index (χ0n) is 11.6. The van der Waals surface area contributed by atoms with Crippen molar-refractivity contribution in [1.29, 1.82) is 0 Å². The second-order valence-electron chi connectivity index (χ2n) is 5.16. The van der Waals surface area contributed by atoms with E-state index in [-0.39, 0.29) is 17.9 Å². The van der Waals surface area contributed by atoms with Gasteiger partial charge in [-0.15, -0.1) is 0 Å². The van der Waals surface area contributed by atoms with Crippen LogP contribution in [0.4, 0.5) is 0 Å². The topological polar surface area (TPSA) is 49.8 Å². The van der Waals surface area contributed by atoms with Gasteiger partial charge < -0.3 is 14.7 Å². The molecule has 2 unspecified atom stereocenters. The lowest BCUT2D eigenvalue weighted by Gasteiger charge is -2.18. The van der Waals surface area contributed by atoms with E-state index in [0.717, 1.165) is 13.0 Å². The van der Waals surface area contributed by atoms with E-state index in [4.69, 9.17) is 16.3 Å². The molecule has 110 valence electrons. The number of amides is 1. The number of ether oxygens (including phenoxy) is 1. The summed E-state index contributed by atoms with van der Waals surface area (Å²) < 4.78 is 5.51. The van der Waals surface area contributed by atoms with Gasteiger partial charge in [-0.1, -0.05) is 23.7 Å². The fraction of sp³-hybridized carbons (Fsp3) is 0.533. The summed E-state index contributed by atoms with van der Waals surface area (Å²) in [5.41, 5.74) is 0. The monoisotopic (exact) mass is 297 g/mol. The molecule has 0 aromatic heterocycles. The van der Waals surface area contributed by atoms with Crippen LogP contribution in [-0.4, -0.2) is 41.7 Å². The van der Waals surface area contributed by atoms with Crippen LogP contribution in [-0.2, 0) is 4.79 Å². The number of rotatable bonds is 5. The fourth-order valence-electron chi connectivity index (χ4n) is 2.38. The van der Waals surface area contributed by atoms with Crippen molar-refractivity contribution < 1.29 is 14.6 Å². The molecule has 4 nitrogen and oxygen atoms in total. The SMILES string of the molecule is CC(O)C1CCN(C(=O)CCOc2ccccc2Cl)C1. The van der Waals surface area contributed by atoms with Crippen molar-refractivity contribution >= 4 is 17.5 Å². The average Bonchev–Trinajstić information content (AvgIpc) is 2.91. The maximum atomic E-state index is 12.0. The molecule has 1 amide bonds. The first-order valence-corrected chi connectivity index (χ1v) is 7.29. The van der Waals surface area contributed by atoms with Crippen molar-refractivity contribution in [2.75, 3.05) is 19.7 Å². The Hall–Kier alpha value is -1.26. The van der Waals surface area contributed by atoms with Gasteiger partial charge in [0.2, 0.25) is 5.91 Å². The van der Waals surface area contributed by atoms with Crippen LogP contribution >= 0.6 is 11.6 Å². The molecule has 5 heteroatoms. The van der Waals surface area contributed by atoms with E-state index in [1.807, 2.05) is 12.1 Å². The second-order valence-corrected chi connectivity index (χ2v) is 5.57. The molecule has 2 atom stereocenters. The normalized spacial score (nSPS) is 19.9. The Kier molecular flexibility index (Phi) is 5.26. The molecule has 0 radical (unpaired) electrons. The molecule has 1 aliphatic heterocycles. The Morgan fingerprint density at radius 3 is 2.95 bits per heavy atom. The van der Waals surface area contributed by atoms with Crippen LogP contribution in [0.15, 0.2) is 24.3 Å². The van der Waals surface area contributed by atoms with E-state index >= 15 is 0 Å². The number of carbonyl (C=O) groups excluding carboxylic acids is 1. The van der Waals surface area contributed by atoms with Gasteiger partial charge in [-0.2, -0.15) is 0 Å². The van der Waals surface area contributed by atoms with Gasteiger partial charge in [0.25, 0.3) is 0 Å². The lowest BCUT2D eigenvalue weighted by atomic mass is 10.0. The average molecular weight is 298 g/mol. The van der Waals surface area contributed by atoms with Crippen molar-refractivity contribution in [3.63, 3.8) is 0 Å². The Balaban J connectivity index is 1.75. The number of benzene rings is 1. The third kappa shape index (κ3) is 3.87. The first kappa shape index (κ1) is 15.1. The third-order valence-electron chi connectivity index (χ3n) is 3.67. The number of halogens is 1. The summed E-state index contributed by atoms with van der Waals surface area (Å²) in [4.78, 5) is 13.8. The molecular weight excluding hydrogens is 278 g/mol. The number of aliphatic hydroxyl groups excluding tert-OH is 1. The van der Waals surface area contributed by atoms with Gasteiger partial charge >= 0.3 is 0 Å². The van der Waals surface area contributed by atoms with Gasteiger partial charge in [0.05, 0.1) is 24.2 Å². The van der Waals surface area contributed by atoms with Gasteiger partial charge in [-0.3, -0.25) is 4.79 Å². The molecule has 20 heavy (non-hydrogen) atoms. The summed E-state index contributed by atoms with van der Waals surface area (Å²) in [7, 11) is 0. The largest absolute Gasteiger partial charge is 0.491 e. The fourth-order valence-corrected chi connectivity index (χ4v) is 2.57. The number of carbonyl (C=O) groups is 1. The summed E-state index contributed by atoms with van der Waals surface area (Å²) >= 11 is 5.97. The summed E-state index contributed by atoms with van der Waals surface area (Å²) in [6, 6.07) is 7.22. The minimum Gasteiger partial charge on any atom is -0.491 e. The highest BCUT2D eigenvalue weighted by Gasteiger charge is 2.28. The van der Waals surface area contributed by atoms with Crippen LogP contribution in [0.5, 0.6) is 5.75 Å². The molecular formula is C15H20ClNO3. The molecule has 1 saturated heterocycles. The van der Waals surface area contributed by atoms with Crippen LogP contribution in [0.1, 0.15) is 19.8 Å². The second kappa shape index (κ2) is 6.95. The number of hydrogen-bond acceptors (Lipinski definition) is 3. The standard InChI is InChI=1S/C15H20ClNO3/c1-11(18)12-6-8-17(10-12)15(19)7-9-20-14-5-3-2-4-13(14)16/h2-5,11-12,18H,6-10H2,1H3. The summed E-state index contributed by atoms with van der Waals surface area (Å²) in [6.07, 6.45) is 0.846. The van der Waals surface area contributed by atoms with E-state index in [1.165, 1.54) is 0 Å². The summed E-state index contributed by atoms with van der Waals surface area (Å²) in [5, 5.41) is 10.1. The molecule has 1 aromatic carbocycles. The zero-order chi connectivity index (χ0) is 14.5. The Labute approximate surface area is 124 Å².